The van der Waals surface area contributed by atoms with Gasteiger partial charge in [0.1, 0.15) is 0 Å². The largest absolute Gasteiger partial charge is 0.478 e. The van der Waals surface area contributed by atoms with Gasteiger partial charge in [-0.25, -0.2) is 48.3 Å². The molecule has 8 bridgehead atoms. The van der Waals surface area contributed by atoms with E-state index in [4.69, 9.17) is 9.97 Å². The molecule has 4 heterocycles. The van der Waals surface area contributed by atoms with Crippen molar-refractivity contribution in [2.24, 2.45) is 0 Å². The number of aromatic amines is 2. The number of nitrogens with one attached hydrogen (secondary N) is 2. The Bertz CT molecular complexity index is 4570. The van der Waals surface area contributed by atoms with Crippen molar-refractivity contribution in [2.45, 2.75) is 0 Å². The lowest BCUT2D eigenvalue weighted by Gasteiger charge is -2.11. The fraction of sp³-hybridized carbons (Fsp3) is 0. The third-order valence-electron chi connectivity index (χ3n) is 15.7. The molecule has 10 N–H and O–H groups in total. The number of rotatable bonds is 12. The molecular weight excluding hydrogens is 1130 g/mol. The van der Waals surface area contributed by atoms with Crippen molar-refractivity contribution in [2.75, 3.05) is 0 Å². The predicted octanol–water partition coefficient (Wildman–Crippen LogP) is 13.5. The van der Waals surface area contributed by atoms with Crippen LogP contribution in [0.4, 0.5) is 0 Å². The SMILES string of the molecule is O=C(O)c1cc2c(cc1C(=O)O)-c1nc-2c(-c2ccccc2)c2[nH]c(c(-c3ccccc3)c3nc(c(-c4ccccc4)c4[nH]c(c1-c1ccccc1)c1cc(C(=O)O)c(C(=O)O)cc41)-c1cc(C(=O)O)c(C(=O)O)cc1-3)c1cc(C(=O)O)c(C(=O)O)cc21. The molecule has 2 aliphatic heterocycles. The Morgan fingerprint density at radius 3 is 0.591 bits per heavy atom. The highest BCUT2D eigenvalue weighted by atomic mass is 16.4. The van der Waals surface area contributed by atoms with Crippen molar-refractivity contribution in [3.05, 3.63) is 214 Å². The second-order valence-corrected chi connectivity index (χ2v) is 20.5. The number of hydrogen-bond acceptors (Lipinski definition) is 10. The summed E-state index contributed by atoms with van der Waals surface area (Å²) in [6, 6.07) is 42.7. The van der Waals surface area contributed by atoms with E-state index in [2.05, 4.69) is 9.97 Å². The second-order valence-electron chi connectivity index (χ2n) is 20.5. The number of carboxylic acid groups (broad SMARTS) is 8. The summed E-state index contributed by atoms with van der Waals surface area (Å²) >= 11 is 0. The van der Waals surface area contributed by atoms with Gasteiger partial charge in [0.05, 0.1) is 89.4 Å². The lowest BCUT2D eigenvalue weighted by atomic mass is 9.90. The van der Waals surface area contributed by atoms with Gasteiger partial charge in [0.25, 0.3) is 0 Å². The summed E-state index contributed by atoms with van der Waals surface area (Å²) < 4.78 is 0. The maximum absolute atomic E-state index is 13.4. The zero-order valence-corrected chi connectivity index (χ0v) is 44.9. The van der Waals surface area contributed by atoms with Gasteiger partial charge in [-0.2, -0.15) is 0 Å². The van der Waals surface area contributed by atoms with Gasteiger partial charge >= 0.3 is 47.8 Å². The normalized spacial score (nSPS) is 11.5. The highest BCUT2D eigenvalue weighted by Gasteiger charge is 2.35. The zero-order valence-electron chi connectivity index (χ0n) is 44.9. The maximum Gasteiger partial charge on any atom is 0.336 e. The first-order chi connectivity index (χ1) is 42.3. The molecule has 1 aliphatic carbocycles. The molecule has 88 heavy (non-hydrogen) atoms. The van der Waals surface area contributed by atoms with Crippen LogP contribution < -0.4 is 0 Å². The molecule has 0 radical (unpaired) electrons. The highest BCUT2D eigenvalue weighted by molar-refractivity contribution is 6.25. The fourth-order valence-electron chi connectivity index (χ4n) is 12.0. The molecule has 0 spiro atoms. The lowest BCUT2D eigenvalue weighted by Crippen LogP contribution is -2.08. The maximum atomic E-state index is 13.4. The molecule has 10 aromatic rings. The summed E-state index contributed by atoms with van der Waals surface area (Å²) in [5.74, 6) is -13.1. The third-order valence-corrected chi connectivity index (χ3v) is 15.7. The Balaban J connectivity index is 1.46. The molecule has 426 valence electrons. The Labute approximate surface area is 492 Å². The van der Waals surface area contributed by atoms with Gasteiger partial charge in [0.2, 0.25) is 0 Å². The van der Waals surface area contributed by atoms with Gasteiger partial charge in [-0.1, -0.05) is 121 Å². The fourth-order valence-corrected chi connectivity index (χ4v) is 12.0. The van der Waals surface area contributed by atoms with Crippen LogP contribution in [0.25, 0.3) is 133 Å². The molecule has 0 saturated heterocycles. The molecule has 20 heteroatoms. The van der Waals surface area contributed by atoms with Crippen LogP contribution in [0.1, 0.15) is 82.9 Å². The van der Waals surface area contributed by atoms with Gasteiger partial charge in [-0.05, 0) is 70.8 Å². The number of H-pyrrole nitrogens is 2. The van der Waals surface area contributed by atoms with Crippen molar-refractivity contribution in [3.8, 4) is 89.5 Å². The Kier molecular flexibility index (Phi) is 12.7. The van der Waals surface area contributed by atoms with E-state index in [9.17, 15) is 79.2 Å². The number of nitrogens with zero attached hydrogens (tertiary/aromatic N) is 2. The van der Waals surface area contributed by atoms with Crippen LogP contribution in [-0.2, 0) is 0 Å². The van der Waals surface area contributed by atoms with E-state index in [-0.39, 0.29) is 111 Å². The lowest BCUT2D eigenvalue weighted by molar-refractivity contribution is 0.0651. The first kappa shape index (κ1) is 54.4. The van der Waals surface area contributed by atoms with Gasteiger partial charge < -0.3 is 50.8 Å². The standard InChI is InChI=1S/C68H38N4O16/c73-61(74)41-21-33-35(23-43(41)63(77)78)55-50(30-15-7-2-8-16-30)57-37-25-45(65(81)82)47(67(85)86)27-39(37)59(71-57)52(32-19-11-4-12-20-32)60-40-28-48(68(87)88)46(66(83)84)26-38(40)58(72-60)51(31-17-9-3-10-18-31)56-36-24-44(64(79)80)42(62(75)76)22-34(36)54(70-56)49(53(33)69-55)29-13-5-1-6-14-29/h1-28,69,72H,(H,73,74)(H,75,76)(H,77,78)(H,79,80)(H,81,82)(H,83,84)(H,85,86)(H,87,88). The van der Waals surface area contributed by atoms with E-state index in [1.165, 1.54) is 0 Å². The molecular formula is C68H38N4O16. The molecule has 8 aromatic carbocycles. The van der Waals surface area contributed by atoms with E-state index in [0.717, 1.165) is 48.5 Å². The Hall–Kier alpha value is -12.8. The summed E-state index contributed by atoms with van der Waals surface area (Å²) in [4.78, 5) is 125. The quantitative estimate of drug-likeness (QED) is 0.0543. The van der Waals surface area contributed by atoms with Gasteiger partial charge in [-0.15, -0.1) is 0 Å². The minimum absolute atomic E-state index is 0.0153. The number of benzene rings is 8. The van der Waals surface area contributed by atoms with E-state index in [0.29, 0.717) is 22.3 Å². The second kappa shape index (κ2) is 20.5. The van der Waals surface area contributed by atoms with Crippen molar-refractivity contribution in [1.29, 1.82) is 0 Å². The van der Waals surface area contributed by atoms with Crippen LogP contribution in [0.2, 0.25) is 0 Å². The molecule has 0 fully saturated rings. The molecule has 3 aliphatic rings. The summed E-state index contributed by atoms with van der Waals surface area (Å²) in [5, 5.41) is 86.9. The summed E-state index contributed by atoms with van der Waals surface area (Å²) in [7, 11) is 0. The molecule has 0 saturated carbocycles. The van der Waals surface area contributed by atoms with Crippen LogP contribution in [0.15, 0.2) is 170 Å². The van der Waals surface area contributed by atoms with Crippen molar-refractivity contribution >= 4 is 91.4 Å². The van der Waals surface area contributed by atoms with E-state index in [1.54, 1.807) is 121 Å². The first-order valence-corrected chi connectivity index (χ1v) is 26.6. The minimum atomic E-state index is -1.64. The van der Waals surface area contributed by atoms with Crippen molar-refractivity contribution < 1.29 is 79.2 Å². The number of hydrogen-bond donors (Lipinski definition) is 10. The molecule has 20 nitrogen and oxygen atoms in total. The van der Waals surface area contributed by atoms with Gasteiger partial charge in [-0.3, -0.25) is 0 Å². The van der Waals surface area contributed by atoms with Crippen LogP contribution in [0, 0.1) is 0 Å². The monoisotopic (exact) mass is 1170 g/mol. The summed E-state index contributed by atoms with van der Waals surface area (Å²) in [6.45, 7) is 0. The van der Waals surface area contributed by atoms with E-state index >= 15 is 0 Å². The van der Waals surface area contributed by atoms with E-state index < -0.39 is 92.3 Å². The summed E-state index contributed by atoms with van der Waals surface area (Å²) in [5.41, 5.74) is -3.59. The van der Waals surface area contributed by atoms with Crippen LogP contribution in [-0.4, -0.2) is 109 Å². The van der Waals surface area contributed by atoms with Crippen LogP contribution >= 0.6 is 0 Å². The predicted molar refractivity (Wildman–Crippen MR) is 322 cm³/mol. The summed E-state index contributed by atoms with van der Waals surface area (Å²) in [6.07, 6.45) is 0. The molecule has 0 unspecified atom stereocenters. The number of aromatic nitrogens is 4. The van der Waals surface area contributed by atoms with Crippen molar-refractivity contribution in [3.63, 3.8) is 0 Å². The number of aromatic carboxylic acids is 8. The Morgan fingerprint density at radius 1 is 0.250 bits per heavy atom. The molecule has 0 amide bonds. The molecule has 13 rings (SSSR count). The van der Waals surface area contributed by atoms with Gasteiger partial charge in [0.15, 0.2) is 0 Å². The third kappa shape index (κ3) is 8.54. The number of carbonyl (C=O) groups is 8. The first-order valence-electron chi connectivity index (χ1n) is 26.6. The average molecular weight is 1170 g/mol. The molecule has 0 atom stereocenters. The topological polar surface area (TPSA) is 356 Å². The average Bonchev–Trinajstić information content (AvgIpc) is 1.60. The van der Waals surface area contributed by atoms with Gasteiger partial charge in [0, 0.05) is 66.1 Å². The zero-order chi connectivity index (χ0) is 61.7. The minimum Gasteiger partial charge on any atom is -0.478 e. The smallest absolute Gasteiger partial charge is 0.336 e. The highest BCUT2D eigenvalue weighted by Crippen LogP contribution is 2.53. The van der Waals surface area contributed by atoms with E-state index in [1.807, 2.05) is 0 Å². The number of carboxylic acids is 8. The Morgan fingerprint density at radius 2 is 0.420 bits per heavy atom. The van der Waals surface area contributed by atoms with Crippen molar-refractivity contribution in [1.82, 2.24) is 19.9 Å². The molecule has 2 aromatic heterocycles. The van der Waals surface area contributed by atoms with Crippen LogP contribution in [0.3, 0.4) is 0 Å². The van der Waals surface area contributed by atoms with Crippen LogP contribution in [0.5, 0.6) is 0 Å².